The van der Waals surface area contributed by atoms with Gasteiger partial charge in [0.25, 0.3) is 0 Å². The van der Waals surface area contributed by atoms with Crippen LogP contribution in [0.2, 0.25) is 0 Å². The van der Waals surface area contributed by atoms with Crippen LogP contribution in [0, 0.1) is 0 Å². The molecule has 1 aromatic carbocycles. The summed E-state index contributed by atoms with van der Waals surface area (Å²) in [6.07, 6.45) is 1.67. The van der Waals surface area contributed by atoms with Gasteiger partial charge in [-0.1, -0.05) is 30.9 Å². The number of nitrogens with one attached hydrogen (secondary N) is 2. The molecule has 2 N–H and O–H groups in total. The number of rotatable bonds is 5. The van der Waals surface area contributed by atoms with Crippen molar-refractivity contribution in [1.82, 2.24) is 10.6 Å². The Labute approximate surface area is 135 Å². The third-order valence-electron chi connectivity index (χ3n) is 3.26. The molecule has 0 saturated heterocycles. The summed E-state index contributed by atoms with van der Waals surface area (Å²) >= 11 is 5.20. The predicted molar refractivity (Wildman–Crippen MR) is 88.5 cm³/mol. The van der Waals surface area contributed by atoms with Crippen LogP contribution in [0.4, 0.5) is 0 Å². The topological polar surface area (TPSA) is 59.6 Å². The molecule has 1 heterocycles. The van der Waals surface area contributed by atoms with Gasteiger partial charge in [-0.05, 0) is 25.2 Å². The van der Waals surface area contributed by atoms with Gasteiger partial charge >= 0.3 is 5.97 Å². The van der Waals surface area contributed by atoms with E-state index in [2.05, 4.69) is 17.2 Å². The molecule has 0 saturated carbocycles. The molecule has 0 spiro atoms. The zero-order chi connectivity index (χ0) is 16.1. The molecule has 0 bridgehead atoms. The molecule has 2 rings (SSSR count). The normalized spacial score (nSPS) is 17.4. The van der Waals surface area contributed by atoms with Crippen molar-refractivity contribution in [1.29, 1.82) is 0 Å². The summed E-state index contributed by atoms with van der Waals surface area (Å²) in [5, 5.41) is 6.50. The lowest BCUT2D eigenvalue weighted by Crippen LogP contribution is -2.45. The van der Waals surface area contributed by atoms with E-state index < -0.39 is 12.0 Å². The monoisotopic (exact) mass is 318 g/mol. The predicted octanol–water partition coefficient (Wildman–Crippen LogP) is 2.22. The van der Waals surface area contributed by atoms with Crippen LogP contribution in [0.5, 0.6) is 5.75 Å². The Balaban J connectivity index is 2.48. The molecule has 0 radical (unpaired) electrons. The summed E-state index contributed by atoms with van der Waals surface area (Å²) in [6.45, 7) is 5.81. The molecule has 1 unspecified atom stereocenters. The number of benzene rings is 1. The van der Waals surface area contributed by atoms with Crippen LogP contribution in [0.25, 0.3) is 0 Å². The molecule has 116 valence electrons. The Kier molecular flexibility index (Phi) is 5.16. The lowest BCUT2D eigenvalue weighted by atomic mass is 9.95. The average molecular weight is 318 g/mol. The molecule has 6 heteroatoms. The molecule has 1 aliphatic heterocycles. The second-order valence-corrected chi connectivity index (χ2v) is 5.11. The summed E-state index contributed by atoms with van der Waals surface area (Å²) < 4.78 is 10.6. The molecule has 0 aromatic heterocycles. The minimum Gasteiger partial charge on any atom is -0.489 e. The fourth-order valence-electron chi connectivity index (χ4n) is 2.31. The standard InChI is InChI=1S/C16H18N2O3S/c1-4-9-21-12-8-6-5-7-11(12)14-13(15(19)20-3)10(2)17-16(22)18-14/h4-8,14H,1,9H2,2-3H3,(H2,17,18,22). The van der Waals surface area contributed by atoms with E-state index in [1.54, 1.807) is 13.0 Å². The van der Waals surface area contributed by atoms with Gasteiger partial charge in [0.2, 0.25) is 0 Å². The van der Waals surface area contributed by atoms with E-state index >= 15 is 0 Å². The Morgan fingerprint density at radius 3 is 2.86 bits per heavy atom. The van der Waals surface area contributed by atoms with Gasteiger partial charge in [0.05, 0.1) is 18.7 Å². The number of carbonyl (C=O) groups is 1. The summed E-state index contributed by atoms with van der Waals surface area (Å²) in [4.78, 5) is 12.1. The SMILES string of the molecule is C=CCOc1ccccc1C1NC(=S)NC(C)=C1C(=O)OC. The number of hydrogen-bond acceptors (Lipinski definition) is 4. The summed E-state index contributed by atoms with van der Waals surface area (Å²) in [7, 11) is 1.35. The van der Waals surface area contributed by atoms with Gasteiger partial charge in [0.1, 0.15) is 12.4 Å². The fourth-order valence-corrected chi connectivity index (χ4v) is 2.58. The van der Waals surface area contributed by atoms with Crippen molar-refractivity contribution in [2.75, 3.05) is 13.7 Å². The van der Waals surface area contributed by atoms with Crippen molar-refractivity contribution in [2.24, 2.45) is 0 Å². The largest absolute Gasteiger partial charge is 0.489 e. The van der Waals surface area contributed by atoms with Gasteiger partial charge in [0, 0.05) is 11.3 Å². The van der Waals surface area contributed by atoms with Crippen LogP contribution in [-0.4, -0.2) is 24.8 Å². The summed E-state index contributed by atoms with van der Waals surface area (Å²) in [5.41, 5.74) is 1.96. The van der Waals surface area contributed by atoms with Crippen LogP contribution in [-0.2, 0) is 9.53 Å². The molecule has 1 aliphatic rings. The van der Waals surface area contributed by atoms with E-state index in [0.717, 1.165) is 5.56 Å². The average Bonchev–Trinajstić information content (AvgIpc) is 2.51. The number of carbonyl (C=O) groups excluding carboxylic acids is 1. The molecule has 22 heavy (non-hydrogen) atoms. The van der Waals surface area contributed by atoms with Crippen LogP contribution >= 0.6 is 12.2 Å². The van der Waals surface area contributed by atoms with Crippen molar-refractivity contribution in [3.05, 3.63) is 53.8 Å². The maximum absolute atomic E-state index is 12.1. The highest BCUT2D eigenvalue weighted by atomic mass is 32.1. The molecular formula is C16H18N2O3S. The molecule has 0 aliphatic carbocycles. The smallest absolute Gasteiger partial charge is 0.337 e. The number of methoxy groups -OCH3 is 1. The maximum Gasteiger partial charge on any atom is 0.337 e. The minimum absolute atomic E-state index is 0.378. The molecule has 5 nitrogen and oxygen atoms in total. The Morgan fingerprint density at radius 2 is 2.18 bits per heavy atom. The molecule has 0 amide bonds. The number of esters is 1. The van der Waals surface area contributed by atoms with Gasteiger partial charge < -0.3 is 20.1 Å². The van der Waals surface area contributed by atoms with Crippen molar-refractivity contribution in [2.45, 2.75) is 13.0 Å². The van der Waals surface area contributed by atoms with Crippen LogP contribution < -0.4 is 15.4 Å². The highest BCUT2D eigenvalue weighted by Crippen LogP contribution is 2.33. The van der Waals surface area contributed by atoms with E-state index in [1.807, 2.05) is 24.3 Å². The molecule has 1 aromatic rings. The first kappa shape index (κ1) is 16.0. The van der Waals surface area contributed by atoms with Crippen molar-refractivity contribution in [3.8, 4) is 5.75 Å². The molecule has 1 atom stereocenters. The number of para-hydroxylation sites is 1. The Hall–Kier alpha value is -2.34. The first-order valence-corrected chi connectivity index (χ1v) is 7.18. The van der Waals surface area contributed by atoms with Crippen LogP contribution in [0.1, 0.15) is 18.5 Å². The van der Waals surface area contributed by atoms with Crippen molar-refractivity contribution in [3.63, 3.8) is 0 Å². The zero-order valence-corrected chi connectivity index (χ0v) is 13.3. The maximum atomic E-state index is 12.1. The number of hydrogen-bond donors (Lipinski definition) is 2. The van der Waals surface area contributed by atoms with E-state index in [9.17, 15) is 4.79 Å². The first-order chi connectivity index (χ1) is 10.6. The molecule has 0 fully saturated rings. The van der Waals surface area contributed by atoms with Gasteiger partial charge in [-0.15, -0.1) is 0 Å². The zero-order valence-electron chi connectivity index (χ0n) is 12.5. The lowest BCUT2D eigenvalue weighted by Gasteiger charge is -2.30. The third kappa shape index (κ3) is 3.28. The Bertz CT molecular complexity index is 640. The molecular weight excluding hydrogens is 300 g/mol. The Morgan fingerprint density at radius 1 is 1.45 bits per heavy atom. The van der Waals surface area contributed by atoms with Gasteiger partial charge in [-0.2, -0.15) is 0 Å². The van der Waals surface area contributed by atoms with Gasteiger partial charge in [-0.3, -0.25) is 0 Å². The van der Waals surface area contributed by atoms with E-state index in [4.69, 9.17) is 21.7 Å². The quantitative estimate of drug-likeness (QED) is 0.493. The number of ether oxygens (including phenoxy) is 2. The van der Waals surface area contributed by atoms with E-state index in [-0.39, 0.29) is 0 Å². The third-order valence-corrected chi connectivity index (χ3v) is 3.48. The second-order valence-electron chi connectivity index (χ2n) is 4.70. The van der Waals surface area contributed by atoms with Gasteiger partial charge in [0.15, 0.2) is 5.11 Å². The van der Waals surface area contributed by atoms with Gasteiger partial charge in [-0.25, -0.2) is 4.79 Å². The van der Waals surface area contributed by atoms with Crippen molar-refractivity contribution < 1.29 is 14.3 Å². The first-order valence-electron chi connectivity index (χ1n) is 6.77. The lowest BCUT2D eigenvalue weighted by molar-refractivity contribution is -0.136. The number of thiocarbonyl (C=S) groups is 1. The fraction of sp³-hybridized carbons (Fsp3) is 0.250. The second kappa shape index (κ2) is 7.09. The summed E-state index contributed by atoms with van der Waals surface area (Å²) in [6, 6.07) is 7.06. The van der Waals surface area contributed by atoms with E-state index in [1.165, 1.54) is 7.11 Å². The van der Waals surface area contributed by atoms with Crippen LogP contribution in [0.3, 0.4) is 0 Å². The summed E-state index contributed by atoms with van der Waals surface area (Å²) in [5.74, 6) is 0.252. The van der Waals surface area contributed by atoms with E-state index in [0.29, 0.717) is 28.7 Å². The number of allylic oxidation sites excluding steroid dienone is 1. The minimum atomic E-state index is -0.429. The van der Waals surface area contributed by atoms with Crippen LogP contribution in [0.15, 0.2) is 48.2 Å². The highest BCUT2D eigenvalue weighted by Gasteiger charge is 2.32. The van der Waals surface area contributed by atoms with Crippen molar-refractivity contribution >= 4 is 23.3 Å². The highest BCUT2D eigenvalue weighted by molar-refractivity contribution is 7.80.